The van der Waals surface area contributed by atoms with Gasteiger partial charge in [-0.1, -0.05) is 0 Å². The van der Waals surface area contributed by atoms with E-state index in [1.807, 2.05) is 12.1 Å². The van der Waals surface area contributed by atoms with Crippen LogP contribution in [0.25, 0.3) is 11.0 Å². The van der Waals surface area contributed by atoms with Gasteiger partial charge in [0.15, 0.2) is 0 Å². The molecule has 4 rings (SSSR count). The monoisotopic (exact) mass is 314 g/mol. The minimum Gasteiger partial charge on any atom is -0.312 e. The molecule has 0 saturated carbocycles. The molecule has 0 radical (unpaired) electrons. The highest BCUT2D eigenvalue weighted by Crippen LogP contribution is 2.26. The highest BCUT2D eigenvalue weighted by atomic mass is 16.2. The highest BCUT2D eigenvalue weighted by Gasteiger charge is 2.31. The van der Waals surface area contributed by atoms with Crippen LogP contribution in [0.4, 0.5) is 0 Å². The lowest BCUT2D eigenvalue weighted by molar-refractivity contribution is -0.135. The number of carbonyl (C=O) groups excluding carboxylic acids is 2. The van der Waals surface area contributed by atoms with Gasteiger partial charge in [-0.2, -0.15) is 0 Å². The number of imide groups is 1. The van der Waals surface area contributed by atoms with Crippen LogP contribution >= 0.6 is 0 Å². The topological polar surface area (TPSA) is 85.1 Å². The predicted octanol–water partition coefficient (Wildman–Crippen LogP) is -0.0366. The van der Waals surface area contributed by atoms with Crippen molar-refractivity contribution in [2.75, 3.05) is 6.54 Å². The van der Waals surface area contributed by atoms with Crippen LogP contribution in [0, 0.1) is 0 Å². The molecule has 1 aromatic heterocycles. The number of amides is 2. The third-order valence-electron chi connectivity index (χ3n) is 4.82. The number of nitrogens with zero attached hydrogens (tertiary/aromatic N) is 2. The number of hydrogen-bond acceptors (Lipinski definition) is 4. The number of rotatable bonds is 1. The van der Waals surface area contributed by atoms with Gasteiger partial charge >= 0.3 is 5.69 Å². The molecule has 23 heavy (non-hydrogen) atoms. The Hall–Kier alpha value is -2.41. The van der Waals surface area contributed by atoms with Crippen molar-refractivity contribution >= 4 is 22.8 Å². The fraction of sp³-hybridized carbons (Fsp3) is 0.438. The summed E-state index contributed by atoms with van der Waals surface area (Å²) in [5.74, 6) is -0.668. The second kappa shape index (κ2) is 5.06. The average molecular weight is 314 g/mol. The van der Waals surface area contributed by atoms with Gasteiger partial charge in [0, 0.05) is 20.0 Å². The Morgan fingerprint density at radius 3 is 2.65 bits per heavy atom. The van der Waals surface area contributed by atoms with E-state index in [0.717, 1.165) is 30.5 Å². The van der Waals surface area contributed by atoms with Crippen LogP contribution in [0.2, 0.25) is 0 Å². The summed E-state index contributed by atoms with van der Waals surface area (Å²) in [7, 11) is 1.72. The van der Waals surface area contributed by atoms with Crippen molar-refractivity contribution in [3.63, 3.8) is 0 Å². The fourth-order valence-electron chi connectivity index (χ4n) is 3.57. The zero-order valence-electron chi connectivity index (χ0n) is 12.9. The smallest absolute Gasteiger partial charge is 0.312 e. The van der Waals surface area contributed by atoms with Crippen LogP contribution in [0.1, 0.15) is 30.0 Å². The van der Waals surface area contributed by atoms with Gasteiger partial charge in [0.25, 0.3) is 0 Å². The molecule has 2 N–H and O–H groups in total. The van der Waals surface area contributed by atoms with Crippen molar-refractivity contribution < 1.29 is 9.59 Å². The van der Waals surface area contributed by atoms with E-state index < -0.39 is 11.9 Å². The van der Waals surface area contributed by atoms with Crippen molar-refractivity contribution in [1.82, 2.24) is 19.8 Å². The lowest BCUT2D eigenvalue weighted by Gasteiger charge is -2.22. The van der Waals surface area contributed by atoms with Crippen molar-refractivity contribution in [2.24, 2.45) is 7.05 Å². The summed E-state index contributed by atoms with van der Waals surface area (Å²) in [5, 5.41) is 5.66. The van der Waals surface area contributed by atoms with Crippen molar-refractivity contribution in [3.8, 4) is 0 Å². The number of fused-ring (bicyclic) bond motifs is 2. The van der Waals surface area contributed by atoms with E-state index in [1.165, 1.54) is 11.1 Å². The lowest BCUT2D eigenvalue weighted by atomic mass is 9.99. The number of nitrogens with one attached hydrogen (secondary N) is 2. The molecule has 7 nitrogen and oxygen atoms in total. The number of aromatic nitrogens is 2. The molecule has 120 valence electrons. The van der Waals surface area contributed by atoms with Crippen LogP contribution in [-0.4, -0.2) is 27.5 Å². The molecular formula is C16H18N4O3. The minimum absolute atomic E-state index is 0.218. The quantitative estimate of drug-likeness (QED) is 0.724. The number of aryl methyl sites for hydroxylation is 1. The summed E-state index contributed by atoms with van der Waals surface area (Å²) in [4.78, 5) is 36.2. The standard InChI is InChI=1S/C16H18N4O3/c1-19-12-7-10-8-17-5-4-9(10)6-13(12)20(16(19)23)11-2-3-14(21)18-15(11)22/h6-7,11,17H,2-5,8H2,1H3,(H,18,21,22). The summed E-state index contributed by atoms with van der Waals surface area (Å²) in [6.07, 6.45) is 1.53. The largest absolute Gasteiger partial charge is 0.329 e. The van der Waals surface area contributed by atoms with Crippen LogP contribution in [0.15, 0.2) is 16.9 Å². The van der Waals surface area contributed by atoms with Crippen molar-refractivity contribution in [2.45, 2.75) is 31.8 Å². The molecule has 0 bridgehead atoms. The first kappa shape index (κ1) is 14.2. The molecule has 3 heterocycles. The summed E-state index contributed by atoms with van der Waals surface area (Å²) >= 11 is 0. The first-order valence-corrected chi connectivity index (χ1v) is 7.83. The lowest BCUT2D eigenvalue weighted by Crippen LogP contribution is -2.44. The number of hydrogen-bond donors (Lipinski definition) is 2. The Morgan fingerprint density at radius 1 is 1.09 bits per heavy atom. The Morgan fingerprint density at radius 2 is 1.87 bits per heavy atom. The van der Waals surface area contributed by atoms with Gasteiger partial charge in [-0.3, -0.25) is 24.0 Å². The van der Waals surface area contributed by atoms with Gasteiger partial charge < -0.3 is 5.32 Å². The highest BCUT2D eigenvalue weighted by molar-refractivity contribution is 6.00. The zero-order valence-corrected chi connectivity index (χ0v) is 12.9. The van der Waals surface area contributed by atoms with Crippen LogP contribution in [0.3, 0.4) is 0 Å². The Bertz CT molecular complexity index is 893. The number of piperidine rings is 1. The molecule has 2 aromatic rings. The van der Waals surface area contributed by atoms with Gasteiger partial charge in [0.1, 0.15) is 6.04 Å². The summed E-state index contributed by atoms with van der Waals surface area (Å²) in [6, 6.07) is 3.43. The Labute approximate surface area is 132 Å². The number of imidazole rings is 1. The molecule has 1 atom stereocenters. The SMILES string of the molecule is Cn1c(=O)n(C2CCC(=O)NC2=O)c2cc3c(cc21)CNCC3. The molecule has 1 fully saturated rings. The Balaban J connectivity index is 1.92. The van der Waals surface area contributed by atoms with Gasteiger partial charge in [0.05, 0.1) is 11.0 Å². The van der Waals surface area contributed by atoms with Gasteiger partial charge in [-0.15, -0.1) is 0 Å². The molecule has 0 spiro atoms. The third kappa shape index (κ3) is 2.11. The molecule has 1 saturated heterocycles. The second-order valence-corrected chi connectivity index (χ2v) is 6.21. The van der Waals surface area contributed by atoms with E-state index in [4.69, 9.17) is 0 Å². The fourth-order valence-corrected chi connectivity index (χ4v) is 3.57. The minimum atomic E-state index is -0.622. The summed E-state index contributed by atoms with van der Waals surface area (Å²) in [6.45, 7) is 1.71. The molecule has 7 heteroatoms. The average Bonchev–Trinajstić information content (AvgIpc) is 2.77. The molecule has 0 aliphatic carbocycles. The van der Waals surface area contributed by atoms with Gasteiger partial charge in [-0.25, -0.2) is 4.79 Å². The van der Waals surface area contributed by atoms with Crippen LogP contribution < -0.4 is 16.3 Å². The molecule has 2 amide bonds. The van der Waals surface area contributed by atoms with Crippen molar-refractivity contribution in [3.05, 3.63) is 33.7 Å². The zero-order chi connectivity index (χ0) is 16.1. The third-order valence-corrected chi connectivity index (χ3v) is 4.82. The van der Waals surface area contributed by atoms with Crippen molar-refractivity contribution in [1.29, 1.82) is 0 Å². The Kier molecular flexibility index (Phi) is 3.12. The maximum atomic E-state index is 12.7. The van der Waals surface area contributed by atoms with E-state index in [1.54, 1.807) is 16.2 Å². The maximum absolute atomic E-state index is 12.7. The van der Waals surface area contributed by atoms with Gasteiger partial charge in [-0.05, 0) is 42.6 Å². The first-order valence-electron chi connectivity index (χ1n) is 7.83. The molecule has 1 aromatic carbocycles. The van der Waals surface area contributed by atoms with E-state index in [9.17, 15) is 14.4 Å². The molecule has 2 aliphatic rings. The van der Waals surface area contributed by atoms with Crippen LogP contribution in [0.5, 0.6) is 0 Å². The second-order valence-electron chi connectivity index (χ2n) is 6.21. The molecule has 2 aliphatic heterocycles. The predicted molar refractivity (Wildman–Crippen MR) is 84.0 cm³/mol. The van der Waals surface area contributed by atoms with Crippen LogP contribution in [-0.2, 0) is 29.6 Å². The number of carbonyl (C=O) groups is 2. The molecular weight excluding hydrogens is 296 g/mol. The van der Waals surface area contributed by atoms with E-state index in [-0.39, 0.29) is 18.0 Å². The molecule has 1 unspecified atom stereocenters. The summed E-state index contributed by atoms with van der Waals surface area (Å²) < 4.78 is 3.12. The van der Waals surface area contributed by atoms with Gasteiger partial charge in [0.2, 0.25) is 11.8 Å². The summed E-state index contributed by atoms with van der Waals surface area (Å²) in [5.41, 5.74) is 3.78. The first-order chi connectivity index (χ1) is 11.1. The maximum Gasteiger partial charge on any atom is 0.329 e. The van der Waals surface area contributed by atoms with E-state index >= 15 is 0 Å². The van der Waals surface area contributed by atoms with E-state index in [2.05, 4.69) is 10.6 Å². The normalized spacial score (nSPS) is 21.3. The number of benzene rings is 1. The van der Waals surface area contributed by atoms with E-state index in [0.29, 0.717) is 6.42 Å².